The van der Waals surface area contributed by atoms with Gasteiger partial charge in [0, 0.05) is 12.8 Å². The molecular weight excluding hydrogens is 272 g/mol. The lowest BCUT2D eigenvalue weighted by atomic mass is 10.00. The van der Waals surface area contributed by atoms with Gasteiger partial charge in [-0.15, -0.1) is 0 Å². The van der Waals surface area contributed by atoms with Gasteiger partial charge in [0.15, 0.2) is 6.29 Å². The highest BCUT2D eigenvalue weighted by Gasteiger charge is 2.41. The van der Waals surface area contributed by atoms with E-state index in [4.69, 9.17) is 14.2 Å². The van der Waals surface area contributed by atoms with Gasteiger partial charge >= 0.3 is 0 Å². The quantitative estimate of drug-likeness (QED) is 0.655. The third-order valence-corrected chi connectivity index (χ3v) is 3.39. The van der Waals surface area contributed by atoms with Crippen molar-refractivity contribution < 1.29 is 24.4 Å². The molecule has 0 aliphatic carbocycles. The molecule has 9 nitrogen and oxygen atoms in total. The lowest BCUT2D eigenvalue weighted by Crippen LogP contribution is -2.51. The molecule has 2 aliphatic heterocycles. The van der Waals surface area contributed by atoms with E-state index in [9.17, 15) is 20.0 Å². The third-order valence-electron chi connectivity index (χ3n) is 3.39. The number of hydrogen-bond donors (Lipinski definition) is 2. The molecule has 2 heterocycles. The maximum atomic E-state index is 10.7. The summed E-state index contributed by atoms with van der Waals surface area (Å²) >= 11 is 0. The lowest BCUT2D eigenvalue weighted by molar-refractivity contribution is -0.272. The fourth-order valence-corrected chi connectivity index (χ4v) is 2.39. The molecule has 0 radical (unpaired) electrons. The van der Waals surface area contributed by atoms with Gasteiger partial charge in [0.1, 0.15) is 18.7 Å². The molecule has 114 valence electrons. The van der Waals surface area contributed by atoms with E-state index in [2.05, 4.69) is 10.4 Å². The first kappa shape index (κ1) is 15.4. The smallest absolute Gasteiger partial charge is 0.186 e. The molecule has 2 rings (SSSR count). The van der Waals surface area contributed by atoms with Crippen molar-refractivity contribution in [1.29, 1.82) is 0 Å². The van der Waals surface area contributed by atoms with Gasteiger partial charge in [0.05, 0.1) is 31.5 Å². The number of aliphatic hydroxyl groups excluding tert-OH is 2. The van der Waals surface area contributed by atoms with Crippen LogP contribution in [0, 0.1) is 9.81 Å². The van der Waals surface area contributed by atoms with Crippen LogP contribution in [0.15, 0.2) is 10.4 Å². The van der Waals surface area contributed by atoms with E-state index >= 15 is 0 Å². The van der Waals surface area contributed by atoms with Crippen LogP contribution in [-0.4, -0.2) is 66.7 Å². The minimum Gasteiger partial charge on any atom is -0.391 e. The second-order valence-corrected chi connectivity index (χ2v) is 5.02. The van der Waals surface area contributed by atoms with E-state index in [1.807, 2.05) is 0 Å². The van der Waals surface area contributed by atoms with Crippen LogP contribution in [0.25, 0.3) is 0 Å². The highest BCUT2D eigenvalue weighted by Crippen LogP contribution is 2.26. The van der Waals surface area contributed by atoms with Gasteiger partial charge in [0.2, 0.25) is 0 Å². The fraction of sp³-hybridized carbons (Fsp3) is 1.00. The predicted octanol–water partition coefficient (Wildman–Crippen LogP) is -0.470. The van der Waals surface area contributed by atoms with Gasteiger partial charge in [-0.3, -0.25) is 0 Å². The lowest BCUT2D eigenvalue weighted by Gasteiger charge is -2.38. The zero-order valence-electron chi connectivity index (χ0n) is 10.8. The zero-order chi connectivity index (χ0) is 14.5. The summed E-state index contributed by atoms with van der Waals surface area (Å²) in [5, 5.41) is 25.0. The molecule has 0 aromatic heterocycles. The summed E-state index contributed by atoms with van der Waals surface area (Å²) in [5.74, 6) is 0. The van der Waals surface area contributed by atoms with Crippen molar-refractivity contribution in [2.45, 2.75) is 49.6 Å². The van der Waals surface area contributed by atoms with Crippen LogP contribution in [-0.2, 0) is 14.2 Å². The van der Waals surface area contributed by atoms with E-state index in [1.165, 1.54) is 0 Å². The van der Waals surface area contributed by atoms with Gasteiger partial charge in [0.25, 0.3) is 0 Å². The van der Waals surface area contributed by atoms with Gasteiger partial charge < -0.3 is 24.4 Å². The first-order valence-electron chi connectivity index (χ1n) is 6.50. The zero-order valence-corrected chi connectivity index (χ0v) is 10.8. The van der Waals surface area contributed by atoms with Crippen molar-refractivity contribution in [2.24, 2.45) is 10.4 Å². The van der Waals surface area contributed by atoms with Gasteiger partial charge in [-0.1, -0.05) is 10.4 Å². The van der Waals surface area contributed by atoms with E-state index in [0.717, 1.165) is 0 Å². The summed E-state index contributed by atoms with van der Waals surface area (Å²) < 4.78 is 16.1. The van der Waals surface area contributed by atoms with E-state index in [1.54, 1.807) is 0 Å². The van der Waals surface area contributed by atoms with Crippen LogP contribution in [0.5, 0.6) is 0 Å². The number of aliphatic hydroxyl groups is 2. The molecule has 0 aromatic carbocycles. The normalized spacial score (nSPS) is 42.1. The summed E-state index contributed by atoms with van der Waals surface area (Å²) in [7, 11) is 0. The van der Waals surface area contributed by atoms with Crippen molar-refractivity contribution in [1.82, 2.24) is 0 Å². The van der Waals surface area contributed by atoms with Crippen molar-refractivity contribution in [3.05, 3.63) is 9.81 Å². The molecule has 0 amide bonds. The fourth-order valence-electron chi connectivity index (χ4n) is 2.39. The second-order valence-electron chi connectivity index (χ2n) is 5.02. The summed E-state index contributed by atoms with van der Waals surface area (Å²) in [6.45, 7) is 0.367. The maximum absolute atomic E-state index is 10.7. The molecule has 0 spiro atoms. The Hall–Kier alpha value is -1.00. The minimum absolute atomic E-state index is 0.125. The Labute approximate surface area is 115 Å². The Kier molecular flexibility index (Phi) is 5.49. The van der Waals surface area contributed by atoms with Crippen LogP contribution in [0.3, 0.4) is 0 Å². The monoisotopic (exact) mass is 290 g/mol. The third kappa shape index (κ3) is 3.76. The number of ether oxygens (including phenoxy) is 3. The summed E-state index contributed by atoms with van der Waals surface area (Å²) in [6, 6.07) is -0.907. The first-order valence-corrected chi connectivity index (χ1v) is 6.50. The molecule has 0 saturated carbocycles. The summed E-state index contributed by atoms with van der Waals surface area (Å²) in [4.78, 5) is 21.0. The summed E-state index contributed by atoms with van der Waals surface area (Å²) in [5.41, 5.74) is 0. The van der Waals surface area contributed by atoms with Gasteiger partial charge in [-0.05, 0) is 0 Å². The molecule has 2 fully saturated rings. The molecule has 0 aromatic rings. The van der Waals surface area contributed by atoms with Crippen molar-refractivity contribution in [3.8, 4) is 0 Å². The molecule has 0 bridgehead atoms. The number of nitrogens with zero attached hydrogens (tertiary/aromatic N) is 2. The topological polar surface area (TPSA) is 127 Å². The van der Waals surface area contributed by atoms with Crippen LogP contribution >= 0.6 is 0 Å². The molecular formula is C11H18N2O7. The van der Waals surface area contributed by atoms with Crippen LogP contribution in [0.2, 0.25) is 0 Å². The number of nitroso groups, excluding NO2 is 2. The Morgan fingerprint density at radius 1 is 1.20 bits per heavy atom. The number of rotatable bonds is 5. The molecule has 0 unspecified atom stereocenters. The second kappa shape index (κ2) is 7.14. The Bertz CT molecular complexity index is 343. The SMILES string of the molecule is O=NC[C@H]1C[C@@H](N=O)[C@H](O)[C@@H](O[C@H]2COC[C@@H](O)C2)O1. The van der Waals surface area contributed by atoms with Gasteiger partial charge in [-0.25, -0.2) is 0 Å². The summed E-state index contributed by atoms with van der Waals surface area (Å²) in [6.07, 6.45) is -3.53. The van der Waals surface area contributed by atoms with Crippen LogP contribution < -0.4 is 0 Å². The highest BCUT2D eigenvalue weighted by molar-refractivity contribution is 4.88. The molecule has 2 aliphatic rings. The molecule has 2 N–H and O–H groups in total. The maximum Gasteiger partial charge on any atom is 0.186 e. The average Bonchev–Trinajstić information content (AvgIpc) is 2.42. The molecule has 9 heteroatoms. The Balaban J connectivity index is 1.96. The largest absolute Gasteiger partial charge is 0.391 e. The van der Waals surface area contributed by atoms with E-state index in [0.29, 0.717) is 6.42 Å². The predicted molar refractivity (Wildman–Crippen MR) is 65.8 cm³/mol. The van der Waals surface area contributed by atoms with Crippen LogP contribution in [0.1, 0.15) is 12.8 Å². The molecule has 20 heavy (non-hydrogen) atoms. The first-order chi connectivity index (χ1) is 9.63. The minimum atomic E-state index is -1.21. The molecule has 6 atom stereocenters. The van der Waals surface area contributed by atoms with Crippen molar-refractivity contribution in [3.63, 3.8) is 0 Å². The van der Waals surface area contributed by atoms with E-state index < -0.39 is 36.7 Å². The van der Waals surface area contributed by atoms with Gasteiger partial charge in [-0.2, -0.15) is 9.81 Å². The average molecular weight is 290 g/mol. The van der Waals surface area contributed by atoms with Crippen molar-refractivity contribution >= 4 is 0 Å². The Morgan fingerprint density at radius 2 is 2.00 bits per heavy atom. The standard InChI is InChI=1S/C11H18N2O7/c14-6-1-8(5-18-4-6)20-11-10(15)9(13-17)2-7(19-11)3-12-16/h6-11,14-15H,1-5H2/t6-,7+,8+,9+,10-,11+/m0/s1. The number of hydrogen-bond acceptors (Lipinski definition) is 9. The molecule has 2 saturated heterocycles. The van der Waals surface area contributed by atoms with E-state index in [-0.39, 0.29) is 26.2 Å². The highest BCUT2D eigenvalue weighted by atomic mass is 16.7. The Morgan fingerprint density at radius 3 is 2.65 bits per heavy atom. The van der Waals surface area contributed by atoms with Crippen molar-refractivity contribution in [2.75, 3.05) is 19.8 Å². The van der Waals surface area contributed by atoms with Crippen LogP contribution in [0.4, 0.5) is 0 Å².